The summed E-state index contributed by atoms with van der Waals surface area (Å²) in [4.78, 5) is 9.37. The Kier molecular flexibility index (Phi) is 4.04. The van der Waals surface area contributed by atoms with Crippen molar-refractivity contribution in [2.45, 2.75) is 24.6 Å². The Balaban J connectivity index is 2.01. The van der Waals surface area contributed by atoms with E-state index in [0.29, 0.717) is 13.1 Å². The van der Waals surface area contributed by atoms with Crippen LogP contribution in [0.15, 0.2) is 12.4 Å². The number of piperidine rings is 1. The first-order chi connectivity index (χ1) is 8.50. The van der Waals surface area contributed by atoms with Crippen molar-refractivity contribution in [1.29, 1.82) is 0 Å². The van der Waals surface area contributed by atoms with Gasteiger partial charge in [-0.1, -0.05) is 0 Å². The van der Waals surface area contributed by atoms with E-state index in [-0.39, 0.29) is 5.25 Å². The quantitative estimate of drug-likeness (QED) is 0.854. The van der Waals surface area contributed by atoms with Crippen LogP contribution in [0.3, 0.4) is 0 Å². The van der Waals surface area contributed by atoms with Crippen molar-refractivity contribution in [1.82, 2.24) is 19.2 Å². The summed E-state index contributed by atoms with van der Waals surface area (Å²) in [7, 11) is 0.0453. The average Bonchev–Trinajstić information content (AvgIpc) is 2.82. The van der Waals surface area contributed by atoms with E-state index in [1.807, 2.05) is 0 Å². The predicted octanol–water partition coefficient (Wildman–Crippen LogP) is 0.266. The molecule has 2 rings (SSSR count). The van der Waals surface area contributed by atoms with Gasteiger partial charge in [-0.25, -0.2) is 17.7 Å². The Labute approximate surface area is 108 Å². The van der Waals surface area contributed by atoms with Crippen LogP contribution in [0, 0.1) is 0 Å². The molecule has 1 N–H and O–H groups in total. The summed E-state index contributed by atoms with van der Waals surface area (Å²) in [6, 6.07) is 0. The zero-order valence-electron chi connectivity index (χ0n) is 10.8. The molecular formula is C11H20N4O2S. The minimum Gasteiger partial charge on any atom is -0.348 e. The Bertz CT molecular complexity index is 469. The Morgan fingerprint density at radius 3 is 2.94 bits per heavy atom. The summed E-state index contributed by atoms with van der Waals surface area (Å²) < 4.78 is 25.5. The lowest BCUT2D eigenvalue weighted by Gasteiger charge is -2.33. The number of H-pyrrole nitrogens is 1. The summed E-state index contributed by atoms with van der Waals surface area (Å²) in [5.41, 5.74) is 0. The standard InChI is InChI=1S/C11H20N4O2S/c1-14(2)18(16,17)10-4-3-7-15(8-10)9-11-12-5-6-13-11/h5-6,10H,3-4,7-9H2,1-2H3,(H,12,13). The number of hydrogen-bond donors (Lipinski definition) is 1. The number of likely N-dealkylation sites (tertiary alicyclic amines) is 1. The maximum atomic E-state index is 12.1. The van der Waals surface area contributed by atoms with Gasteiger partial charge in [0, 0.05) is 33.0 Å². The van der Waals surface area contributed by atoms with Crippen LogP contribution < -0.4 is 0 Å². The lowest BCUT2D eigenvalue weighted by molar-refractivity contribution is 0.216. The smallest absolute Gasteiger partial charge is 0.217 e. The van der Waals surface area contributed by atoms with E-state index < -0.39 is 10.0 Å². The Morgan fingerprint density at radius 2 is 2.33 bits per heavy atom. The first kappa shape index (κ1) is 13.5. The number of rotatable bonds is 4. The summed E-state index contributed by atoms with van der Waals surface area (Å²) in [6.07, 6.45) is 5.16. The van der Waals surface area contributed by atoms with Crippen molar-refractivity contribution in [2.24, 2.45) is 0 Å². The molecule has 2 heterocycles. The minimum atomic E-state index is -3.15. The Hall–Kier alpha value is -0.920. The molecule has 1 saturated heterocycles. The molecule has 1 aliphatic rings. The molecule has 0 saturated carbocycles. The fourth-order valence-corrected chi connectivity index (χ4v) is 3.75. The van der Waals surface area contributed by atoms with Gasteiger partial charge in [0.2, 0.25) is 10.0 Å². The third kappa shape index (κ3) is 2.90. The largest absolute Gasteiger partial charge is 0.348 e. The van der Waals surface area contributed by atoms with Gasteiger partial charge < -0.3 is 4.98 Å². The van der Waals surface area contributed by atoms with Crippen LogP contribution in [0.25, 0.3) is 0 Å². The molecule has 1 aromatic rings. The first-order valence-corrected chi connectivity index (χ1v) is 7.62. The lowest BCUT2D eigenvalue weighted by atomic mass is 10.1. The molecule has 0 radical (unpaired) electrons. The SMILES string of the molecule is CN(C)S(=O)(=O)C1CCCN(Cc2ncc[nH]2)C1. The normalized spacial score (nSPS) is 22.5. The predicted molar refractivity (Wildman–Crippen MR) is 69.5 cm³/mol. The van der Waals surface area contributed by atoms with E-state index in [1.54, 1.807) is 26.5 Å². The highest BCUT2D eigenvalue weighted by Gasteiger charge is 2.32. The monoisotopic (exact) mass is 272 g/mol. The number of aromatic nitrogens is 2. The van der Waals surface area contributed by atoms with Crippen LogP contribution in [0.4, 0.5) is 0 Å². The van der Waals surface area contributed by atoms with Gasteiger partial charge in [-0.2, -0.15) is 0 Å². The summed E-state index contributed by atoms with van der Waals surface area (Å²) in [6.45, 7) is 2.20. The van der Waals surface area contributed by atoms with E-state index in [0.717, 1.165) is 25.2 Å². The number of nitrogens with zero attached hydrogens (tertiary/aromatic N) is 3. The molecule has 1 aromatic heterocycles. The first-order valence-electron chi connectivity index (χ1n) is 6.12. The minimum absolute atomic E-state index is 0.295. The molecule has 0 spiro atoms. The topological polar surface area (TPSA) is 69.3 Å². The van der Waals surface area contributed by atoms with E-state index in [2.05, 4.69) is 14.9 Å². The summed E-state index contributed by atoms with van der Waals surface area (Å²) in [5.74, 6) is 0.887. The highest BCUT2D eigenvalue weighted by Crippen LogP contribution is 2.19. The van der Waals surface area contributed by atoms with Gasteiger partial charge in [0.25, 0.3) is 0 Å². The molecule has 0 aliphatic carbocycles. The fraction of sp³-hybridized carbons (Fsp3) is 0.727. The van der Waals surface area contributed by atoms with Crippen molar-refractivity contribution in [3.8, 4) is 0 Å². The van der Waals surface area contributed by atoms with Crippen LogP contribution >= 0.6 is 0 Å². The maximum absolute atomic E-state index is 12.1. The summed E-state index contributed by atoms with van der Waals surface area (Å²) >= 11 is 0. The molecular weight excluding hydrogens is 252 g/mol. The molecule has 18 heavy (non-hydrogen) atoms. The second kappa shape index (κ2) is 5.38. The van der Waals surface area contributed by atoms with Gasteiger partial charge >= 0.3 is 0 Å². The molecule has 1 fully saturated rings. The molecule has 102 valence electrons. The fourth-order valence-electron chi connectivity index (χ4n) is 2.29. The average molecular weight is 272 g/mol. The van der Waals surface area contributed by atoms with Crippen LogP contribution in [0.2, 0.25) is 0 Å². The highest BCUT2D eigenvalue weighted by atomic mass is 32.2. The van der Waals surface area contributed by atoms with Gasteiger partial charge in [0.1, 0.15) is 5.82 Å². The highest BCUT2D eigenvalue weighted by molar-refractivity contribution is 7.89. The Morgan fingerprint density at radius 1 is 1.56 bits per heavy atom. The van der Waals surface area contributed by atoms with Crippen LogP contribution in [-0.2, 0) is 16.6 Å². The molecule has 7 heteroatoms. The number of nitrogens with one attached hydrogen (secondary N) is 1. The van der Waals surface area contributed by atoms with Gasteiger partial charge in [-0.3, -0.25) is 4.90 Å². The van der Waals surface area contributed by atoms with Gasteiger partial charge in [0.05, 0.1) is 11.8 Å². The van der Waals surface area contributed by atoms with E-state index in [1.165, 1.54) is 4.31 Å². The summed E-state index contributed by atoms with van der Waals surface area (Å²) in [5, 5.41) is -0.295. The number of aromatic amines is 1. The van der Waals surface area contributed by atoms with Crippen molar-refractivity contribution in [2.75, 3.05) is 27.2 Å². The second-order valence-electron chi connectivity index (χ2n) is 4.86. The second-order valence-corrected chi connectivity index (χ2v) is 7.29. The van der Waals surface area contributed by atoms with Gasteiger partial charge in [-0.15, -0.1) is 0 Å². The molecule has 1 unspecified atom stereocenters. The van der Waals surface area contributed by atoms with Gasteiger partial charge in [0.15, 0.2) is 0 Å². The molecule has 0 aromatic carbocycles. The molecule has 0 amide bonds. The molecule has 1 aliphatic heterocycles. The molecule has 6 nitrogen and oxygen atoms in total. The van der Waals surface area contributed by atoms with Gasteiger partial charge in [-0.05, 0) is 19.4 Å². The van der Waals surface area contributed by atoms with Crippen LogP contribution in [0.5, 0.6) is 0 Å². The maximum Gasteiger partial charge on any atom is 0.217 e. The molecule has 0 bridgehead atoms. The zero-order chi connectivity index (χ0) is 13.2. The number of imidazole rings is 1. The van der Waals surface area contributed by atoms with E-state index in [9.17, 15) is 8.42 Å². The van der Waals surface area contributed by atoms with E-state index in [4.69, 9.17) is 0 Å². The van der Waals surface area contributed by atoms with E-state index >= 15 is 0 Å². The van der Waals surface area contributed by atoms with Crippen LogP contribution in [0.1, 0.15) is 18.7 Å². The number of sulfonamides is 1. The van der Waals surface area contributed by atoms with Crippen LogP contribution in [-0.4, -0.2) is 60.0 Å². The van der Waals surface area contributed by atoms with Crippen molar-refractivity contribution < 1.29 is 8.42 Å². The third-order valence-corrected chi connectivity index (χ3v) is 5.57. The number of hydrogen-bond acceptors (Lipinski definition) is 4. The van der Waals surface area contributed by atoms with Crippen molar-refractivity contribution in [3.63, 3.8) is 0 Å². The zero-order valence-corrected chi connectivity index (χ0v) is 11.7. The lowest BCUT2D eigenvalue weighted by Crippen LogP contribution is -2.45. The van der Waals surface area contributed by atoms with Crippen molar-refractivity contribution >= 4 is 10.0 Å². The van der Waals surface area contributed by atoms with Crippen molar-refractivity contribution in [3.05, 3.63) is 18.2 Å². The third-order valence-electron chi connectivity index (χ3n) is 3.32. The molecule has 1 atom stereocenters.